The zero-order valence-electron chi connectivity index (χ0n) is 9.72. The highest BCUT2D eigenvalue weighted by atomic mass is 35.5. The van der Waals surface area contributed by atoms with Crippen LogP contribution in [0.5, 0.6) is 0 Å². The van der Waals surface area contributed by atoms with Crippen molar-refractivity contribution in [2.45, 2.75) is 23.8 Å². The summed E-state index contributed by atoms with van der Waals surface area (Å²) in [5, 5.41) is 18.2. The summed E-state index contributed by atoms with van der Waals surface area (Å²) >= 11 is 6.12. The van der Waals surface area contributed by atoms with E-state index >= 15 is 0 Å². The van der Waals surface area contributed by atoms with Crippen LogP contribution in [0.3, 0.4) is 0 Å². The number of nitrogens with zero attached hydrogens (tertiary/aromatic N) is 4. The van der Waals surface area contributed by atoms with E-state index in [1.807, 2.05) is 0 Å². The van der Waals surface area contributed by atoms with Crippen LogP contribution in [0.2, 0.25) is 0 Å². The van der Waals surface area contributed by atoms with Crippen LogP contribution in [0, 0.1) is 0 Å². The number of aliphatic hydroxyl groups excluding tert-OH is 2. The number of rotatable bonds is 2. The molecule has 3 rings (SSSR count). The molecule has 1 aliphatic rings. The van der Waals surface area contributed by atoms with Gasteiger partial charge in [-0.25, -0.2) is 15.0 Å². The van der Waals surface area contributed by atoms with Crippen LogP contribution in [0.15, 0.2) is 12.7 Å². The van der Waals surface area contributed by atoms with Crippen LogP contribution < -0.4 is 5.73 Å². The zero-order chi connectivity index (χ0) is 13.6. The number of nitrogens with two attached hydrogens (primary N) is 1. The van der Waals surface area contributed by atoms with Gasteiger partial charge in [0.15, 0.2) is 17.7 Å². The van der Waals surface area contributed by atoms with E-state index in [0.717, 1.165) is 0 Å². The SMILES string of the molecule is Nc1ncnc2c1ncn2[C@@H]1O[C@H](CO)C(O)[C@@H]1Cl. The van der Waals surface area contributed by atoms with Crippen LogP contribution in [0.25, 0.3) is 11.2 Å². The standard InChI is InChI=1S/C10H12ClN5O3/c11-5-7(18)4(1-17)19-10(5)16-3-15-6-8(12)13-2-14-9(6)16/h2-5,7,10,17-18H,1H2,(H2,12,13,14)/t4-,5+,7?,10-/m1/s1. The lowest BCUT2D eigenvalue weighted by atomic mass is 10.2. The highest BCUT2D eigenvalue weighted by molar-refractivity contribution is 6.21. The summed E-state index contributed by atoms with van der Waals surface area (Å²) in [4.78, 5) is 12.0. The van der Waals surface area contributed by atoms with Crippen LogP contribution in [0.1, 0.15) is 6.23 Å². The van der Waals surface area contributed by atoms with Crippen molar-refractivity contribution >= 4 is 28.6 Å². The van der Waals surface area contributed by atoms with Gasteiger partial charge in [-0.15, -0.1) is 11.6 Å². The van der Waals surface area contributed by atoms with Gasteiger partial charge < -0.3 is 20.7 Å². The molecule has 2 aromatic rings. The Hall–Kier alpha value is -1.48. The molecule has 1 aliphatic heterocycles. The Labute approximate surface area is 112 Å². The number of alkyl halides is 1. The van der Waals surface area contributed by atoms with Crippen LogP contribution in [-0.2, 0) is 4.74 Å². The second-order valence-electron chi connectivity index (χ2n) is 4.27. The lowest BCUT2D eigenvalue weighted by Crippen LogP contribution is -2.29. The van der Waals surface area contributed by atoms with Crippen molar-refractivity contribution < 1.29 is 14.9 Å². The minimum atomic E-state index is -0.965. The number of ether oxygens (including phenoxy) is 1. The zero-order valence-corrected chi connectivity index (χ0v) is 10.5. The molecule has 8 nitrogen and oxygen atoms in total. The van der Waals surface area contributed by atoms with E-state index in [0.29, 0.717) is 11.2 Å². The Bertz CT molecular complexity index is 606. The molecule has 1 unspecified atom stereocenters. The number of anilines is 1. The second kappa shape index (κ2) is 4.57. The Morgan fingerprint density at radius 2 is 2.21 bits per heavy atom. The number of nitrogen functional groups attached to an aromatic ring is 1. The first-order valence-electron chi connectivity index (χ1n) is 5.65. The lowest BCUT2D eigenvalue weighted by Gasteiger charge is -2.15. The number of imidazole rings is 1. The van der Waals surface area contributed by atoms with Gasteiger partial charge >= 0.3 is 0 Å². The largest absolute Gasteiger partial charge is 0.394 e. The number of fused-ring (bicyclic) bond motifs is 1. The van der Waals surface area contributed by atoms with Crippen molar-refractivity contribution in [2.75, 3.05) is 12.3 Å². The van der Waals surface area contributed by atoms with Gasteiger partial charge in [0.2, 0.25) is 0 Å². The van der Waals surface area contributed by atoms with Crippen LogP contribution in [-0.4, -0.2) is 53.9 Å². The highest BCUT2D eigenvalue weighted by Gasteiger charge is 2.43. The van der Waals surface area contributed by atoms with E-state index in [4.69, 9.17) is 27.2 Å². The van der Waals surface area contributed by atoms with Crippen molar-refractivity contribution in [3.8, 4) is 0 Å². The second-order valence-corrected chi connectivity index (χ2v) is 4.77. The Balaban J connectivity index is 2.04. The fraction of sp³-hybridized carbons (Fsp3) is 0.500. The molecule has 0 aliphatic carbocycles. The lowest BCUT2D eigenvalue weighted by molar-refractivity contribution is -0.0431. The van der Waals surface area contributed by atoms with Crippen LogP contribution in [0.4, 0.5) is 5.82 Å². The maximum Gasteiger partial charge on any atom is 0.167 e. The van der Waals surface area contributed by atoms with E-state index < -0.39 is 23.8 Å². The summed E-state index contributed by atoms with van der Waals surface area (Å²) in [5.74, 6) is 0.257. The van der Waals surface area contributed by atoms with E-state index in [1.54, 1.807) is 4.57 Å². The van der Waals surface area contributed by atoms with Gasteiger partial charge in [-0.3, -0.25) is 4.57 Å². The molecule has 0 spiro atoms. The Morgan fingerprint density at radius 3 is 2.89 bits per heavy atom. The van der Waals surface area contributed by atoms with Gasteiger partial charge in [0.1, 0.15) is 29.4 Å². The average molecular weight is 286 g/mol. The average Bonchev–Trinajstić information content (AvgIpc) is 2.94. The molecular weight excluding hydrogens is 274 g/mol. The monoisotopic (exact) mass is 285 g/mol. The van der Waals surface area contributed by atoms with Gasteiger partial charge in [0.25, 0.3) is 0 Å². The molecule has 0 saturated carbocycles. The van der Waals surface area contributed by atoms with E-state index in [2.05, 4.69) is 15.0 Å². The van der Waals surface area contributed by atoms with Crippen molar-refractivity contribution in [3.05, 3.63) is 12.7 Å². The summed E-state index contributed by atoms with van der Waals surface area (Å²) in [6, 6.07) is 0. The van der Waals surface area contributed by atoms with Gasteiger partial charge in [-0.05, 0) is 0 Å². The number of aliphatic hydroxyl groups is 2. The van der Waals surface area contributed by atoms with E-state index in [-0.39, 0.29) is 12.4 Å². The number of hydrogen-bond acceptors (Lipinski definition) is 7. The van der Waals surface area contributed by atoms with Gasteiger partial charge in [0, 0.05) is 0 Å². The highest BCUT2D eigenvalue weighted by Crippen LogP contribution is 2.35. The number of aromatic nitrogens is 4. The molecule has 0 bridgehead atoms. The van der Waals surface area contributed by atoms with E-state index in [9.17, 15) is 5.11 Å². The smallest absolute Gasteiger partial charge is 0.167 e. The first-order valence-corrected chi connectivity index (χ1v) is 6.08. The molecule has 19 heavy (non-hydrogen) atoms. The minimum absolute atomic E-state index is 0.257. The molecule has 4 atom stereocenters. The molecule has 9 heteroatoms. The van der Waals surface area contributed by atoms with Crippen molar-refractivity contribution in [1.29, 1.82) is 0 Å². The molecule has 102 valence electrons. The molecule has 1 saturated heterocycles. The first-order chi connectivity index (χ1) is 9.13. The summed E-state index contributed by atoms with van der Waals surface area (Å²) < 4.78 is 7.09. The third kappa shape index (κ3) is 1.84. The maximum atomic E-state index is 9.85. The predicted octanol–water partition coefficient (Wildman–Crippen LogP) is -0.734. The van der Waals surface area contributed by atoms with Crippen molar-refractivity contribution in [1.82, 2.24) is 19.5 Å². The first kappa shape index (κ1) is 12.5. The summed E-state index contributed by atoms with van der Waals surface area (Å²) in [6.45, 7) is -0.315. The normalized spacial score (nSPS) is 31.1. The van der Waals surface area contributed by atoms with Crippen LogP contribution >= 0.6 is 11.6 Å². The topological polar surface area (TPSA) is 119 Å². The van der Waals surface area contributed by atoms with Crippen molar-refractivity contribution in [2.24, 2.45) is 0 Å². The molecule has 4 N–H and O–H groups in total. The molecular formula is C10H12ClN5O3. The maximum absolute atomic E-state index is 9.85. The quantitative estimate of drug-likeness (QED) is 0.622. The molecule has 0 radical (unpaired) electrons. The molecule has 1 fully saturated rings. The summed E-state index contributed by atoms with van der Waals surface area (Å²) in [7, 11) is 0. The van der Waals surface area contributed by atoms with Gasteiger partial charge in [-0.2, -0.15) is 0 Å². The summed E-state index contributed by atoms with van der Waals surface area (Å²) in [6.07, 6.45) is 0.418. The number of hydrogen-bond donors (Lipinski definition) is 3. The third-order valence-corrected chi connectivity index (χ3v) is 3.61. The molecule has 2 aromatic heterocycles. The molecule has 3 heterocycles. The third-order valence-electron chi connectivity index (χ3n) is 3.13. The fourth-order valence-electron chi connectivity index (χ4n) is 2.13. The fourth-order valence-corrected chi connectivity index (χ4v) is 2.48. The minimum Gasteiger partial charge on any atom is -0.394 e. The van der Waals surface area contributed by atoms with E-state index in [1.165, 1.54) is 12.7 Å². The van der Waals surface area contributed by atoms with Gasteiger partial charge in [0.05, 0.1) is 12.9 Å². The predicted molar refractivity (Wildman–Crippen MR) is 66.4 cm³/mol. The number of halogens is 1. The van der Waals surface area contributed by atoms with Gasteiger partial charge in [-0.1, -0.05) is 0 Å². The Kier molecular flexibility index (Phi) is 3.02. The molecule has 0 amide bonds. The Morgan fingerprint density at radius 1 is 1.42 bits per heavy atom. The summed E-state index contributed by atoms with van der Waals surface area (Å²) in [5.41, 5.74) is 6.60. The molecule has 0 aromatic carbocycles. The van der Waals surface area contributed by atoms with Crippen molar-refractivity contribution in [3.63, 3.8) is 0 Å².